The van der Waals surface area contributed by atoms with E-state index in [9.17, 15) is 19.5 Å². The minimum Gasteiger partial charge on any atom is -0.503 e. The quantitative estimate of drug-likeness (QED) is 0.718. The van der Waals surface area contributed by atoms with Crippen LogP contribution in [0.2, 0.25) is 0 Å². The first-order valence-electron chi connectivity index (χ1n) is 7.21. The zero-order valence-corrected chi connectivity index (χ0v) is 11.7. The topological polar surface area (TPSA) is 115 Å². The lowest BCUT2D eigenvalue weighted by Gasteiger charge is -2.44. The highest BCUT2D eigenvalue weighted by Gasteiger charge is 2.47. The second-order valence-electron chi connectivity index (χ2n) is 5.98. The lowest BCUT2D eigenvalue weighted by molar-refractivity contribution is -0.132. The molecule has 116 valence electrons. The fraction of sp³-hybridized carbons (Fsp3) is 0.500. The number of ether oxygens (including phenoxy) is 1. The summed E-state index contributed by atoms with van der Waals surface area (Å²) in [4.78, 5) is 37.6. The van der Waals surface area contributed by atoms with E-state index in [0.717, 1.165) is 19.3 Å². The zero-order chi connectivity index (χ0) is 15.6. The smallest absolute Gasteiger partial charge is 0.276 e. The van der Waals surface area contributed by atoms with Gasteiger partial charge in [0.25, 0.3) is 11.8 Å². The molecular weight excluding hydrogens is 290 g/mol. The molecule has 3 aliphatic rings. The van der Waals surface area contributed by atoms with Crippen LogP contribution in [0.1, 0.15) is 40.1 Å². The van der Waals surface area contributed by atoms with Crippen LogP contribution in [0.25, 0.3) is 0 Å². The van der Waals surface area contributed by atoms with Crippen molar-refractivity contribution < 1.29 is 19.4 Å². The van der Waals surface area contributed by atoms with Gasteiger partial charge in [-0.3, -0.25) is 14.4 Å². The molecule has 0 spiro atoms. The Morgan fingerprint density at radius 2 is 2.14 bits per heavy atom. The summed E-state index contributed by atoms with van der Waals surface area (Å²) in [6, 6.07) is 0.0790. The fourth-order valence-electron chi connectivity index (χ4n) is 3.73. The van der Waals surface area contributed by atoms with Crippen molar-refractivity contribution in [2.24, 2.45) is 5.73 Å². The summed E-state index contributed by atoms with van der Waals surface area (Å²) < 4.78 is 7.28. The van der Waals surface area contributed by atoms with Gasteiger partial charge in [-0.25, -0.2) is 0 Å². The van der Waals surface area contributed by atoms with Gasteiger partial charge in [-0.05, 0) is 19.3 Å². The number of aromatic nitrogens is 1. The third-order valence-electron chi connectivity index (χ3n) is 4.72. The molecule has 1 aromatic rings. The molecule has 2 bridgehead atoms. The van der Waals surface area contributed by atoms with E-state index < -0.39 is 29.2 Å². The number of hydrogen-bond acceptors (Lipinski definition) is 5. The number of rotatable bonds is 1. The van der Waals surface area contributed by atoms with Crippen molar-refractivity contribution in [3.63, 3.8) is 0 Å². The first-order valence-corrected chi connectivity index (χ1v) is 7.21. The van der Waals surface area contributed by atoms with Crippen LogP contribution < -0.4 is 11.2 Å². The third kappa shape index (κ3) is 1.64. The number of aromatic hydroxyl groups is 1. The van der Waals surface area contributed by atoms with Crippen molar-refractivity contribution in [3.05, 3.63) is 27.7 Å². The van der Waals surface area contributed by atoms with Crippen molar-refractivity contribution in [3.8, 4) is 5.75 Å². The molecule has 3 atom stereocenters. The number of fused-ring (bicyclic) bond motifs is 5. The minimum absolute atomic E-state index is 0.0790. The summed E-state index contributed by atoms with van der Waals surface area (Å²) in [6.07, 6.45) is 3.48. The van der Waals surface area contributed by atoms with Crippen LogP contribution in [-0.2, 0) is 11.3 Å². The number of amides is 2. The maximum absolute atomic E-state index is 12.7. The molecule has 2 amide bonds. The summed E-state index contributed by atoms with van der Waals surface area (Å²) in [6.45, 7) is 0.266. The van der Waals surface area contributed by atoms with E-state index in [1.807, 2.05) is 0 Å². The summed E-state index contributed by atoms with van der Waals surface area (Å²) >= 11 is 0. The molecule has 2 aliphatic heterocycles. The normalized spacial score (nSPS) is 29.2. The van der Waals surface area contributed by atoms with E-state index in [0.29, 0.717) is 0 Å². The van der Waals surface area contributed by atoms with Crippen LogP contribution >= 0.6 is 0 Å². The molecule has 22 heavy (non-hydrogen) atoms. The number of carbonyl (C=O) groups is 2. The number of nitrogens with zero attached hydrogens (tertiary/aromatic N) is 2. The van der Waals surface area contributed by atoms with Gasteiger partial charge in [0.1, 0.15) is 5.56 Å². The summed E-state index contributed by atoms with van der Waals surface area (Å²) in [7, 11) is 0. The summed E-state index contributed by atoms with van der Waals surface area (Å²) in [5.41, 5.74) is 3.81. The lowest BCUT2D eigenvalue weighted by atomic mass is 10.1. The molecule has 3 N–H and O–H groups in total. The Balaban J connectivity index is 1.87. The van der Waals surface area contributed by atoms with Crippen LogP contribution in [0.4, 0.5) is 0 Å². The van der Waals surface area contributed by atoms with Gasteiger partial charge in [-0.15, -0.1) is 0 Å². The Morgan fingerprint density at radius 1 is 1.36 bits per heavy atom. The number of pyridine rings is 1. The number of primary amides is 1. The van der Waals surface area contributed by atoms with Gasteiger partial charge in [0.05, 0.1) is 12.6 Å². The van der Waals surface area contributed by atoms with Crippen LogP contribution in [-0.4, -0.2) is 44.8 Å². The highest BCUT2D eigenvalue weighted by Crippen LogP contribution is 2.38. The molecule has 1 saturated carbocycles. The van der Waals surface area contributed by atoms with Crippen LogP contribution in [0, 0.1) is 0 Å². The molecule has 3 heterocycles. The molecule has 1 aliphatic carbocycles. The Bertz CT molecular complexity index is 756. The van der Waals surface area contributed by atoms with Gasteiger partial charge >= 0.3 is 0 Å². The molecule has 1 saturated heterocycles. The maximum Gasteiger partial charge on any atom is 0.276 e. The van der Waals surface area contributed by atoms with Crippen LogP contribution in [0.5, 0.6) is 5.75 Å². The molecule has 0 aromatic carbocycles. The largest absolute Gasteiger partial charge is 0.503 e. The second-order valence-corrected chi connectivity index (χ2v) is 5.98. The van der Waals surface area contributed by atoms with Crippen molar-refractivity contribution >= 4 is 11.8 Å². The number of nitrogens with two attached hydrogens (primary N) is 1. The first-order chi connectivity index (χ1) is 10.5. The number of hydrogen-bond donors (Lipinski definition) is 2. The highest BCUT2D eigenvalue weighted by molar-refractivity contribution is 5.98. The average molecular weight is 305 g/mol. The lowest BCUT2D eigenvalue weighted by Crippen LogP contribution is -2.57. The SMILES string of the molecule is NC(=O)c1cn2c(c(O)c1=O)C(=O)N1[C@@H]3CC[C@@H](C3)O[C@H]1C2. The average Bonchev–Trinajstić information content (AvgIpc) is 2.83. The highest BCUT2D eigenvalue weighted by atomic mass is 16.5. The van der Waals surface area contributed by atoms with E-state index in [4.69, 9.17) is 10.5 Å². The Kier molecular flexibility index (Phi) is 2.62. The third-order valence-corrected chi connectivity index (χ3v) is 4.72. The second kappa shape index (κ2) is 4.33. The Hall–Kier alpha value is -2.35. The van der Waals surface area contributed by atoms with Crippen molar-refractivity contribution in [1.82, 2.24) is 9.47 Å². The molecular formula is C14H15N3O5. The van der Waals surface area contributed by atoms with E-state index in [1.54, 1.807) is 4.90 Å². The molecule has 0 radical (unpaired) electrons. The van der Waals surface area contributed by atoms with Gasteiger partial charge < -0.3 is 25.0 Å². The molecule has 8 heteroatoms. The Morgan fingerprint density at radius 3 is 2.86 bits per heavy atom. The molecule has 8 nitrogen and oxygen atoms in total. The zero-order valence-electron chi connectivity index (χ0n) is 11.7. The van der Waals surface area contributed by atoms with E-state index in [-0.39, 0.29) is 29.9 Å². The molecule has 0 unspecified atom stereocenters. The maximum atomic E-state index is 12.7. The minimum atomic E-state index is -0.935. The van der Waals surface area contributed by atoms with E-state index >= 15 is 0 Å². The van der Waals surface area contributed by atoms with Crippen molar-refractivity contribution in [1.29, 1.82) is 0 Å². The van der Waals surface area contributed by atoms with Gasteiger partial charge in [-0.1, -0.05) is 0 Å². The van der Waals surface area contributed by atoms with E-state index in [2.05, 4.69) is 0 Å². The first kappa shape index (κ1) is 13.3. The number of carbonyl (C=O) groups excluding carboxylic acids is 2. The van der Waals surface area contributed by atoms with Crippen molar-refractivity contribution in [2.45, 2.75) is 44.2 Å². The molecule has 4 rings (SSSR count). The van der Waals surface area contributed by atoms with Crippen molar-refractivity contribution in [2.75, 3.05) is 0 Å². The van der Waals surface area contributed by atoms with E-state index in [1.165, 1.54) is 10.8 Å². The predicted octanol–water partition coefficient (Wildman–Crippen LogP) is -0.614. The fourth-order valence-corrected chi connectivity index (χ4v) is 3.73. The van der Waals surface area contributed by atoms with Gasteiger partial charge in [-0.2, -0.15) is 0 Å². The van der Waals surface area contributed by atoms with Crippen LogP contribution in [0.3, 0.4) is 0 Å². The predicted molar refractivity (Wildman–Crippen MR) is 73.4 cm³/mol. The summed E-state index contributed by atoms with van der Waals surface area (Å²) in [5.74, 6) is -2.10. The standard InChI is InChI=1S/C14H15N3O5/c15-13(20)8-4-16-5-9-17(6-1-2-7(3-6)22-9)14(21)10(16)12(19)11(8)18/h4,6-7,9,19H,1-3,5H2,(H2,15,20)/t6-,7+,9+/m1/s1. The Labute approximate surface area is 125 Å². The molecule has 2 fully saturated rings. The van der Waals surface area contributed by atoms with Crippen LogP contribution in [0.15, 0.2) is 11.0 Å². The van der Waals surface area contributed by atoms with Gasteiger partial charge in [0.15, 0.2) is 17.7 Å². The van der Waals surface area contributed by atoms with Gasteiger partial charge in [0.2, 0.25) is 5.43 Å². The monoisotopic (exact) mass is 305 g/mol. The van der Waals surface area contributed by atoms with Gasteiger partial charge in [0, 0.05) is 12.2 Å². The molecule has 1 aromatic heterocycles. The summed E-state index contributed by atoms with van der Waals surface area (Å²) in [5, 5.41) is 10.1.